The third-order valence-electron chi connectivity index (χ3n) is 3.17. The van der Waals surface area contributed by atoms with Crippen LogP contribution < -0.4 is 11.5 Å². The van der Waals surface area contributed by atoms with Gasteiger partial charge in [-0.25, -0.2) is 0 Å². The lowest BCUT2D eigenvalue weighted by molar-refractivity contribution is 0.0582. The number of rotatable bonds is 4. The molecule has 0 aromatic carbocycles. The van der Waals surface area contributed by atoms with Gasteiger partial charge in [0.25, 0.3) is 0 Å². The van der Waals surface area contributed by atoms with E-state index in [2.05, 4.69) is 23.6 Å². The van der Waals surface area contributed by atoms with E-state index in [1.807, 2.05) is 0 Å². The van der Waals surface area contributed by atoms with E-state index in [1.54, 1.807) is 0 Å². The summed E-state index contributed by atoms with van der Waals surface area (Å²) < 4.78 is 0. The van der Waals surface area contributed by atoms with E-state index in [9.17, 15) is 0 Å². The van der Waals surface area contributed by atoms with E-state index in [0.717, 1.165) is 45.8 Å². The minimum atomic E-state index is 0.148. The van der Waals surface area contributed by atoms with Gasteiger partial charge in [0, 0.05) is 51.4 Å². The highest BCUT2D eigenvalue weighted by molar-refractivity contribution is 4.86. The molecule has 0 amide bonds. The molecule has 84 valence electrons. The Kier molecular flexibility index (Phi) is 4.31. The van der Waals surface area contributed by atoms with Gasteiger partial charge >= 0.3 is 0 Å². The second-order valence-electron chi connectivity index (χ2n) is 4.63. The monoisotopic (exact) mass is 200 g/mol. The minimum absolute atomic E-state index is 0.148. The van der Waals surface area contributed by atoms with Crippen LogP contribution in [0.2, 0.25) is 0 Å². The molecule has 1 rings (SSSR count). The van der Waals surface area contributed by atoms with E-state index in [1.165, 1.54) is 0 Å². The number of hydrogen-bond donors (Lipinski definition) is 2. The Morgan fingerprint density at radius 2 is 1.64 bits per heavy atom. The highest BCUT2D eigenvalue weighted by Gasteiger charge is 2.28. The molecule has 0 spiro atoms. The van der Waals surface area contributed by atoms with Crippen molar-refractivity contribution < 1.29 is 0 Å². The number of nitrogens with two attached hydrogens (primary N) is 2. The highest BCUT2D eigenvalue weighted by Crippen LogP contribution is 2.14. The normalized spacial score (nSPS) is 21.4. The summed E-state index contributed by atoms with van der Waals surface area (Å²) in [6.45, 7) is 11.4. The quantitative estimate of drug-likeness (QED) is 0.630. The van der Waals surface area contributed by atoms with Gasteiger partial charge < -0.3 is 11.5 Å². The molecule has 0 atom stereocenters. The van der Waals surface area contributed by atoms with Crippen molar-refractivity contribution in [3.8, 4) is 0 Å². The molecule has 0 unspecified atom stereocenters. The van der Waals surface area contributed by atoms with Crippen LogP contribution in [-0.4, -0.2) is 61.2 Å². The molecule has 1 fully saturated rings. The van der Waals surface area contributed by atoms with Crippen LogP contribution in [-0.2, 0) is 0 Å². The van der Waals surface area contributed by atoms with E-state index >= 15 is 0 Å². The fraction of sp³-hybridized carbons (Fsp3) is 1.00. The molecular formula is C10H24N4. The summed E-state index contributed by atoms with van der Waals surface area (Å²) in [6.07, 6.45) is 0. The van der Waals surface area contributed by atoms with Crippen molar-refractivity contribution >= 4 is 0 Å². The number of piperazine rings is 1. The van der Waals surface area contributed by atoms with Crippen LogP contribution in [0.3, 0.4) is 0 Å². The SMILES string of the molecule is CC(C)(CN)N1CCN(CCN)CC1. The first-order chi connectivity index (χ1) is 6.60. The molecule has 0 aromatic rings. The Balaban J connectivity index is 2.35. The van der Waals surface area contributed by atoms with Gasteiger partial charge in [-0.05, 0) is 13.8 Å². The Morgan fingerprint density at radius 3 is 2.07 bits per heavy atom. The second-order valence-corrected chi connectivity index (χ2v) is 4.63. The molecule has 0 aromatic heterocycles. The molecule has 14 heavy (non-hydrogen) atoms. The lowest BCUT2D eigenvalue weighted by atomic mass is 10.0. The number of nitrogens with zero attached hydrogens (tertiary/aromatic N) is 2. The van der Waals surface area contributed by atoms with Crippen molar-refractivity contribution in [1.29, 1.82) is 0 Å². The summed E-state index contributed by atoms with van der Waals surface area (Å²) in [5.74, 6) is 0. The van der Waals surface area contributed by atoms with Crippen LogP contribution in [0.4, 0.5) is 0 Å². The zero-order chi connectivity index (χ0) is 10.6. The maximum atomic E-state index is 5.76. The summed E-state index contributed by atoms with van der Waals surface area (Å²) in [7, 11) is 0. The van der Waals surface area contributed by atoms with Gasteiger partial charge in [0.05, 0.1) is 0 Å². The van der Waals surface area contributed by atoms with Crippen molar-refractivity contribution in [2.75, 3.05) is 45.8 Å². The van der Waals surface area contributed by atoms with Gasteiger partial charge in [-0.1, -0.05) is 0 Å². The lowest BCUT2D eigenvalue weighted by Gasteiger charge is -2.43. The first kappa shape index (κ1) is 11.9. The van der Waals surface area contributed by atoms with E-state index in [4.69, 9.17) is 11.5 Å². The van der Waals surface area contributed by atoms with Gasteiger partial charge in [-0.3, -0.25) is 9.80 Å². The summed E-state index contributed by atoms with van der Waals surface area (Å²) in [5, 5.41) is 0. The van der Waals surface area contributed by atoms with Gasteiger partial charge in [-0.2, -0.15) is 0 Å². The Morgan fingerprint density at radius 1 is 1.07 bits per heavy atom. The Hall–Kier alpha value is -0.160. The largest absolute Gasteiger partial charge is 0.329 e. The van der Waals surface area contributed by atoms with E-state index in [0.29, 0.717) is 0 Å². The first-order valence-corrected chi connectivity index (χ1v) is 5.47. The molecule has 1 aliphatic rings. The minimum Gasteiger partial charge on any atom is -0.329 e. The van der Waals surface area contributed by atoms with E-state index in [-0.39, 0.29) is 5.54 Å². The maximum Gasteiger partial charge on any atom is 0.0276 e. The zero-order valence-corrected chi connectivity index (χ0v) is 9.50. The molecule has 0 aliphatic carbocycles. The molecule has 4 heteroatoms. The number of hydrogen-bond acceptors (Lipinski definition) is 4. The van der Waals surface area contributed by atoms with Gasteiger partial charge in [0.15, 0.2) is 0 Å². The first-order valence-electron chi connectivity index (χ1n) is 5.47. The van der Waals surface area contributed by atoms with Crippen LogP contribution in [0, 0.1) is 0 Å². The van der Waals surface area contributed by atoms with Crippen LogP contribution in [0.25, 0.3) is 0 Å². The highest BCUT2D eigenvalue weighted by atomic mass is 15.3. The summed E-state index contributed by atoms with van der Waals surface area (Å²) >= 11 is 0. The third kappa shape index (κ3) is 2.92. The van der Waals surface area contributed by atoms with Gasteiger partial charge in [0.2, 0.25) is 0 Å². The van der Waals surface area contributed by atoms with Crippen molar-refractivity contribution in [2.45, 2.75) is 19.4 Å². The third-order valence-corrected chi connectivity index (χ3v) is 3.17. The Labute approximate surface area is 87.2 Å². The molecule has 4 nitrogen and oxygen atoms in total. The molecule has 1 saturated heterocycles. The van der Waals surface area contributed by atoms with Crippen LogP contribution in [0.5, 0.6) is 0 Å². The topological polar surface area (TPSA) is 58.5 Å². The van der Waals surface area contributed by atoms with E-state index < -0.39 is 0 Å². The second kappa shape index (κ2) is 5.07. The average Bonchev–Trinajstić information content (AvgIpc) is 2.19. The van der Waals surface area contributed by atoms with Crippen molar-refractivity contribution in [3.63, 3.8) is 0 Å². The zero-order valence-electron chi connectivity index (χ0n) is 9.50. The Bertz CT molecular complexity index is 162. The maximum absolute atomic E-state index is 5.76. The van der Waals surface area contributed by atoms with Gasteiger partial charge in [-0.15, -0.1) is 0 Å². The van der Waals surface area contributed by atoms with Crippen LogP contribution in [0.1, 0.15) is 13.8 Å². The summed E-state index contributed by atoms with van der Waals surface area (Å²) in [6, 6.07) is 0. The fourth-order valence-corrected chi connectivity index (χ4v) is 1.89. The standard InChI is InChI=1S/C10H24N4/c1-10(2,9-12)14-7-5-13(4-3-11)6-8-14/h3-9,11-12H2,1-2H3. The van der Waals surface area contributed by atoms with Gasteiger partial charge in [0.1, 0.15) is 0 Å². The fourth-order valence-electron chi connectivity index (χ4n) is 1.89. The molecular weight excluding hydrogens is 176 g/mol. The summed E-state index contributed by atoms with van der Waals surface area (Å²) in [5.41, 5.74) is 11.4. The lowest BCUT2D eigenvalue weighted by Crippen LogP contribution is -2.57. The molecule has 0 saturated carbocycles. The average molecular weight is 200 g/mol. The molecule has 4 N–H and O–H groups in total. The predicted octanol–water partition coefficient (Wildman–Crippen LogP) is -0.700. The molecule has 0 bridgehead atoms. The predicted molar refractivity (Wildman–Crippen MR) is 60.2 cm³/mol. The smallest absolute Gasteiger partial charge is 0.0276 e. The van der Waals surface area contributed by atoms with Crippen molar-refractivity contribution in [1.82, 2.24) is 9.80 Å². The molecule has 0 radical (unpaired) electrons. The van der Waals surface area contributed by atoms with Crippen LogP contribution >= 0.6 is 0 Å². The van der Waals surface area contributed by atoms with Crippen molar-refractivity contribution in [3.05, 3.63) is 0 Å². The molecule has 1 heterocycles. The molecule has 1 aliphatic heterocycles. The van der Waals surface area contributed by atoms with Crippen molar-refractivity contribution in [2.24, 2.45) is 11.5 Å². The summed E-state index contributed by atoms with van der Waals surface area (Å²) in [4.78, 5) is 4.89. The van der Waals surface area contributed by atoms with Crippen LogP contribution in [0.15, 0.2) is 0 Å².